The van der Waals surface area contributed by atoms with E-state index in [2.05, 4.69) is 10.3 Å². The van der Waals surface area contributed by atoms with Crippen molar-refractivity contribution in [2.45, 2.75) is 38.5 Å². The summed E-state index contributed by atoms with van der Waals surface area (Å²) in [6, 6.07) is 8.62. The van der Waals surface area contributed by atoms with E-state index in [1.54, 1.807) is 45.0 Å². The van der Waals surface area contributed by atoms with Gasteiger partial charge >= 0.3 is 6.09 Å². The molecule has 7 nitrogen and oxygen atoms in total. The molecular weight excluding hydrogens is 377 g/mol. The van der Waals surface area contributed by atoms with Crippen molar-refractivity contribution in [1.82, 2.24) is 15.2 Å². The molecule has 1 saturated heterocycles. The first-order valence-electron chi connectivity index (χ1n) is 9.31. The van der Waals surface area contributed by atoms with Crippen LogP contribution in [0.2, 0.25) is 0 Å². The molecule has 29 heavy (non-hydrogen) atoms. The van der Waals surface area contributed by atoms with Crippen LogP contribution in [-0.4, -0.2) is 57.8 Å². The molecule has 0 unspecified atom stereocenters. The fourth-order valence-corrected chi connectivity index (χ4v) is 3.00. The number of carbonyl (C=O) groups excluding carboxylic acids is 2. The van der Waals surface area contributed by atoms with Crippen LogP contribution >= 0.6 is 0 Å². The second-order valence-electron chi connectivity index (χ2n) is 7.98. The average Bonchev–Trinajstić information content (AvgIpc) is 3.01. The van der Waals surface area contributed by atoms with Gasteiger partial charge in [-0.1, -0.05) is 12.1 Å². The Balaban J connectivity index is 1.62. The number of halogens is 1. The molecule has 0 spiro atoms. The van der Waals surface area contributed by atoms with Crippen molar-refractivity contribution in [3.8, 4) is 11.3 Å². The molecule has 2 amide bonds. The van der Waals surface area contributed by atoms with Crippen LogP contribution in [-0.2, 0) is 4.74 Å². The van der Waals surface area contributed by atoms with Crippen LogP contribution in [0.15, 0.2) is 42.6 Å². The zero-order chi connectivity index (χ0) is 21.2. The van der Waals surface area contributed by atoms with Crippen LogP contribution in [0.4, 0.5) is 9.18 Å². The van der Waals surface area contributed by atoms with E-state index in [0.29, 0.717) is 16.8 Å². The summed E-state index contributed by atoms with van der Waals surface area (Å²) in [5, 5.41) is 12.9. The van der Waals surface area contributed by atoms with Crippen molar-refractivity contribution in [3.63, 3.8) is 0 Å². The molecule has 0 saturated carbocycles. The number of pyridine rings is 1. The van der Waals surface area contributed by atoms with Crippen molar-refractivity contribution in [3.05, 3.63) is 54.0 Å². The lowest BCUT2D eigenvalue weighted by Gasteiger charge is -2.24. The number of nitrogens with one attached hydrogen (secondary N) is 1. The third-order valence-corrected chi connectivity index (χ3v) is 4.40. The topological polar surface area (TPSA) is 91.8 Å². The highest BCUT2D eigenvalue weighted by atomic mass is 19.1. The summed E-state index contributed by atoms with van der Waals surface area (Å²) < 4.78 is 18.6. The number of amides is 2. The molecule has 8 heteroatoms. The predicted molar refractivity (Wildman–Crippen MR) is 105 cm³/mol. The molecule has 2 heterocycles. The van der Waals surface area contributed by atoms with Gasteiger partial charge in [-0.05, 0) is 45.0 Å². The molecule has 2 N–H and O–H groups in total. The monoisotopic (exact) mass is 401 g/mol. The van der Waals surface area contributed by atoms with E-state index in [0.717, 1.165) is 0 Å². The molecule has 0 bridgehead atoms. The Morgan fingerprint density at radius 3 is 2.62 bits per heavy atom. The van der Waals surface area contributed by atoms with E-state index in [9.17, 15) is 19.1 Å². The lowest BCUT2D eigenvalue weighted by Crippen LogP contribution is -2.43. The quantitative estimate of drug-likeness (QED) is 0.825. The van der Waals surface area contributed by atoms with E-state index in [1.807, 2.05) is 0 Å². The number of β-amino-alcohol motifs (C(OH)–C–C–N with tert-alkyl or cyclic N) is 1. The number of likely N-dealkylation sites (tertiary alicyclic amines) is 1. The summed E-state index contributed by atoms with van der Waals surface area (Å²) in [6.07, 6.45) is -0.0388. The van der Waals surface area contributed by atoms with Crippen LogP contribution in [0.1, 0.15) is 31.1 Å². The minimum Gasteiger partial charge on any atom is -0.444 e. The van der Waals surface area contributed by atoms with E-state index < -0.39 is 29.7 Å². The van der Waals surface area contributed by atoms with Gasteiger partial charge in [0.05, 0.1) is 29.9 Å². The Bertz CT molecular complexity index is 896. The third kappa shape index (κ3) is 5.29. The number of hydrogen-bond acceptors (Lipinski definition) is 5. The first-order valence-corrected chi connectivity index (χ1v) is 9.31. The molecule has 0 radical (unpaired) electrons. The number of rotatable bonds is 3. The van der Waals surface area contributed by atoms with Crippen LogP contribution < -0.4 is 5.32 Å². The second kappa shape index (κ2) is 8.16. The Morgan fingerprint density at radius 2 is 2.00 bits per heavy atom. The van der Waals surface area contributed by atoms with Gasteiger partial charge < -0.3 is 20.1 Å². The number of carbonyl (C=O) groups is 2. The second-order valence-corrected chi connectivity index (χ2v) is 7.98. The van der Waals surface area contributed by atoms with Gasteiger partial charge in [0, 0.05) is 18.3 Å². The number of aliphatic hydroxyl groups is 1. The molecule has 1 aromatic carbocycles. The molecule has 1 aromatic heterocycles. The summed E-state index contributed by atoms with van der Waals surface area (Å²) in [5.74, 6) is -0.783. The maximum absolute atomic E-state index is 13.4. The largest absolute Gasteiger partial charge is 0.444 e. The number of aliphatic hydroxyl groups excluding tert-OH is 1. The Morgan fingerprint density at radius 1 is 1.24 bits per heavy atom. The number of benzene rings is 1. The maximum Gasteiger partial charge on any atom is 0.410 e. The molecule has 2 atom stereocenters. The van der Waals surface area contributed by atoms with E-state index >= 15 is 0 Å². The van der Waals surface area contributed by atoms with Crippen molar-refractivity contribution in [2.75, 3.05) is 13.1 Å². The van der Waals surface area contributed by atoms with Crippen LogP contribution in [0.5, 0.6) is 0 Å². The zero-order valence-electron chi connectivity index (χ0n) is 16.6. The van der Waals surface area contributed by atoms with Gasteiger partial charge in [0.2, 0.25) is 0 Å². The summed E-state index contributed by atoms with van der Waals surface area (Å²) in [5.41, 5.74) is 0.806. The molecular formula is C21H24FN3O4. The van der Waals surface area contributed by atoms with Crippen LogP contribution in [0.25, 0.3) is 11.3 Å². The Hall–Kier alpha value is -3.00. The van der Waals surface area contributed by atoms with Gasteiger partial charge in [-0.25, -0.2) is 9.18 Å². The van der Waals surface area contributed by atoms with Crippen molar-refractivity contribution in [2.24, 2.45) is 0 Å². The van der Waals surface area contributed by atoms with E-state index in [1.165, 1.54) is 23.2 Å². The van der Waals surface area contributed by atoms with Gasteiger partial charge in [-0.3, -0.25) is 9.78 Å². The number of ether oxygens (including phenoxy) is 1. The van der Waals surface area contributed by atoms with Crippen molar-refractivity contribution < 1.29 is 23.8 Å². The predicted octanol–water partition coefficient (Wildman–Crippen LogP) is 2.60. The molecule has 154 valence electrons. The maximum atomic E-state index is 13.4. The summed E-state index contributed by atoms with van der Waals surface area (Å²) >= 11 is 0. The highest BCUT2D eigenvalue weighted by molar-refractivity contribution is 5.94. The highest BCUT2D eigenvalue weighted by Crippen LogP contribution is 2.19. The van der Waals surface area contributed by atoms with Gasteiger partial charge in [0.1, 0.15) is 11.4 Å². The van der Waals surface area contributed by atoms with Gasteiger partial charge in [0.25, 0.3) is 5.91 Å². The molecule has 1 aliphatic rings. The minimum atomic E-state index is -0.897. The molecule has 2 aromatic rings. The van der Waals surface area contributed by atoms with Gasteiger partial charge in [0.15, 0.2) is 0 Å². The minimum absolute atomic E-state index is 0.0800. The fraction of sp³-hybridized carbons (Fsp3) is 0.381. The molecule has 0 aliphatic carbocycles. The molecule has 1 aliphatic heterocycles. The molecule has 1 fully saturated rings. The Labute approximate surface area is 168 Å². The van der Waals surface area contributed by atoms with Gasteiger partial charge in [-0.15, -0.1) is 0 Å². The lowest BCUT2D eigenvalue weighted by molar-refractivity contribution is 0.0269. The smallest absolute Gasteiger partial charge is 0.410 e. The Kier molecular flexibility index (Phi) is 5.83. The van der Waals surface area contributed by atoms with Crippen LogP contribution in [0, 0.1) is 5.82 Å². The molecule has 3 rings (SSSR count). The summed E-state index contributed by atoms with van der Waals surface area (Å²) in [4.78, 5) is 30.2. The average molecular weight is 401 g/mol. The summed E-state index contributed by atoms with van der Waals surface area (Å²) in [6.45, 7) is 5.51. The number of aromatic nitrogens is 1. The van der Waals surface area contributed by atoms with Crippen molar-refractivity contribution >= 4 is 12.0 Å². The first-order chi connectivity index (χ1) is 13.6. The first kappa shape index (κ1) is 20.7. The number of nitrogens with zero attached hydrogens (tertiary/aromatic N) is 2. The SMILES string of the molecule is CC(C)(C)OC(=O)N1C[C@@H](O)[C@H](NC(=O)c2ccc(-c3cccc(F)c3)nc2)C1. The lowest BCUT2D eigenvalue weighted by atomic mass is 10.1. The fourth-order valence-electron chi connectivity index (χ4n) is 3.00. The van der Waals surface area contributed by atoms with Gasteiger partial charge in [-0.2, -0.15) is 0 Å². The highest BCUT2D eigenvalue weighted by Gasteiger charge is 2.37. The van der Waals surface area contributed by atoms with E-state index in [-0.39, 0.29) is 18.9 Å². The summed E-state index contributed by atoms with van der Waals surface area (Å²) in [7, 11) is 0. The van der Waals surface area contributed by atoms with Crippen LogP contribution in [0.3, 0.4) is 0 Å². The van der Waals surface area contributed by atoms with Crippen molar-refractivity contribution in [1.29, 1.82) is 0 Å². The van der Waals surface area contributed by atoms with E-state index in [4.69, 9.17) is 4.74 Å². The third-order valence-electron chi connectivity index (χ3n) is 4.40. The zero-order valence-corrected chi connectivity index (χ0v) is 16.6. The standard InChI is InChI=1S/C21H24FN3O4/c1-21(2,3)29-20(28)25-11-17(18(26)12-25)24-19(27)14-7-8-16(23-10-14)13-5-4-6-15(22)9-13/h4-10,17-18,26H,11-12H2,1-3H3,(H,24,27)/t17-,18-/m1/s1. The number of hydrogen-bond donors (Lipinski definition) is 2. The normalized spacial score (nSPS) is 19.1.